The van der Waals surface area contributed by atoms with Crippen molar-refractivity contribution >= 4 is 22.7 Å². The van der Waals surface area contributed by atoms with E-state index in [1.165, 1.54) is 16.3 Å². The predicted molar refractivity (Wildman–Crippen MR) is 84.5 cm³/mol. The fourth-order valence-electron chi connectivity index (χ4n) is 2.46. The van der Waals surface area contributed by atoms with Crippen molar-refractivity contribution in [3.8, 4) is 0 Å². The quantitative estimate of drug-likeness (QED) is 0.888. The molecule has 0 aromatic carbocycles. The normalized spacial score (nSPS) is 20.4. The number of rotatable bonds is 6. The van der Waals surface area contributed by atoms with E-state index in [0.29, 0.717) is 12.0 Å². The van der Waals surface area contributed by atoms with Gasteiger partial charge >= 0.3 is 0 Å². The Kier molecular flexibility index (Phi) is 4.83. The smallest absolute Gasteiger partial charge is 0.110 e. The summed E-state index contributed by atoms with van der Waals surface area (Å²) in [6.07, 6.45) is 2.20. The Labute approximate surface area is 128 Å². The van der Waals surface area contributed by atoms with Crippen molar-refractivity contribution in [2.75, 3.05) is 19.8 Å². The largest absolute Gasteiger partial charge is 0.381 e. The molecule has 5 heteroatoms. The van der Waals surface area contributed by atoms with Gasteiger partial charge in [-0.15, -0.1) is 22.7 Å². The van der Waals surface area contributed by atoms with Crippen molar-refractivity contribution in [3.63, 3.8) is 0 Å². The molecule has 1 aliphatic heterocycles. The molecule has 0 amide bonds. The number of thiophene rings is 1. The Hall–Kier alpha value is -0.750. The molecule has 0 spiro atoms. The molecular weight excluding hydrogens is 288 g/mol. The third-order valence-corrected chi connectivity index (χ3v) is 5.57. The van der Waals surface area contributed by atoms with Crippen LogP contribution in [0.2, 0.25) is 0 Å². The Morgan fingerprint density at radius 2 is 2.45 bits per heavy atom. The molecule has 1 aliphatic rings. The number of aromatic nitrogens is 1. The monoisotopic (exact) mass is 308 g/mol. The lowest BCUT2D eigenvalue weighted by molar-refractivity contribution is 0.184. The summed E-state index contributed by atoms with van der Waals surface area (Å²) < 4.78 is 5.45. The van der Waals surface area contributed by atoms with Gasteiger partial charge < -0.3 is 10.1 Å². The number of hydrogen-bond acceptors (Lipinski definition) is 5. The van der Waals surface area contributed by atoms with Crippen LogP contribution in [0.1, 0.15) is 28.0 Å². The van der Waals surface area contributed by atoms with Crippen LogP contribution in [0.15, 0.2) is 22.9 Å². The summed E-state index contributed by atoms with van der Waals surface area (Å²) >= 11 is 3.58. The summed E-state index contributed by atoms with van der Waals surface area (Å²) in [4.78, 5) is 6.08. The number of aryl methyl sites for hydroxylation is 1. The second-order valence-corrected chi connectivity index (χ2v) is 7.22. The highest BCUT2D eigenvalue weighted by Gasteiger charge is 2.20. The van der Waals surface area contributed by atoms with Crippen molar-refractivity contribution in [1.29, 1.82) is 0 Å². The molecule has 2 aromatic heterocycles. The first-order valence-corrected chi connectivity index (χ1v) is 8.82. The first-order chi connectivity index (χ1) is 9.81. The van der Waals surface area contributed by atoms with E-state index < -0.39 is 0 Å². The maximum Gasteiger partial charge on any atom is 0.110 e. The SMILES string of the molecule is Cc1csc([C@H](Cc2cccs2)NC[C@H]2CCOC2)n1. The van der Waals surface area contributed by atoms with Crippen LogP contribution >= 0.6 is 22.7 Å². The zero-order valence-electron chi connectivity index (χ0n) is 11.7. The highest BCUT2D eigenvalue weighted by atomic mass is 32.1. The maximum atomic E-state index is 5.45. The minimum Gasteiger partial charge on any atom is -0.381 e. The fraction of sp³-hybridized carbons (Fsp3) is 0.533. The molecule has 3 rings (SSSR count). The number of nitrogens with one attached hydrogen (secondary N) is 1. The highest BCUT2D eigenvalue weighted by Crippen LogP contribution is 2.25. The first-order valence-electron chi connectivity index (χ1n) is 7.07. The van der Waals surface area contributed by atoms with Crippen LogP contribution < -0.4 is 5.32 Å². The van der Waals surface area contributed by atoms with Gasteiger partial charge in [0, 0.05) is 35.5 Å². The molecule has 2 aromatic rings. The Morgan fingerprint density at radius 3 is 3.10 bits per heavy atom. The van der Waals surface area contributed by atoms with E-state index in [-0.39, 0.29) is 0 Å². The average molecular weight is 308 g/mol. The van der Waals surface area contributed by atoms with Crippen LogP contribution in [0.3, 0.4) is 0 Å². The Bertz CT molecular complexity index is 518. The van der Waals surface area contributed by atoms with E-state index in [9.17, 15) is 0 Å². The van der Waals surface area contributed by atoms with E-state index in [1.54, 1.807) is 11.3 Å². The molecule has 108 valence electrons. The summed E-state index contributed by atoms with van der Waals surface area (Å²) in [6.45, 7) is 4.90. The van der Waals surface area contributed by atoms with Crippen molar-refractivity contribution in [1.82, 2.24) is 10.3 Å². The van der Waals surface area contributed by atoms with Crippen molar-refractivity contribution in [2.45, 2.75) is 25.8 Å². The molecule has 0 unspecified atom stereocenters. The van der Waals surface area contributed by atoms with E-state index >= 15 is 0 Å². The van der Waals surface area contributed by atoms with Gasteiger partial charge in [0.2, 0.25) is 0 Å². The zero-order chi connectivity index (χ0) is 13.8. The van der Waals surface area contributed by atoms with Crippen LogP contribution in [0.4, 0.5) is 0 Å². The molecule has 20 heavy (non-hydrogen) atoms. The van der Waals surface area contributed by atoms with Crippen LogP contribution in [-0.4, -0.2) is 24.7 Å². The average Bonchev–Trinajstić information content (AvgIpc) is 3.17. The molecular formula is C15H20N2OS2. The second-order valence-electron chi connectivity index (χ2n) is 5.30. The van der Waals surface area contributed by atoms with Crippen molar-refractivity contribution in [3.05, 3.63) is 38.5 Å². The predicted octanol–water partition coefficient (Wildman–Crippen LogP) is 3.42. The zero-order valence-corrected chi connectivity index (χ0v) is 13.3. The lowest BCUT2D eigenvalue weighted by Gasteiger charge is -2.18. The standard InChI is InChI=1S/C15H20N2OS2/c1-11-10-20-15(17-11)14(7-13-3-2-6-19-13)16-8-12-4-5-18-9-12/h2-3,6,10,12,14,16H,4-5,7-9H2,1H3/t12-,14+/m1/s1. The third-order valence-electron chi connectivity index (χ3n) is 3.60. The van der Waals surface area contributed by atoms with Gasteiger partial charge in [0.15, 0.2) is 0 Å². The molecule has 0 saturated carbocycles. The maximum absolute atomic E-state index is 5.45. The first kappa shape index (κ1) is 14.2. The molecule has 2 atom stereocenters. The van der Waals surface area contributed by atoms with E-state index in [0.717, 1.165) is 31.9 Å². The van der Waals surface area contributed by atoms with Crippen LogP contribution in [0, 0.1) is 12.8 Å². The summed E-state index contributed by atoms with van der Waals surface area (Å²) in [6, 6.07) is 4.65. The summed E-state index contributed by atoms with van der Waals surface area (Å²) in [7, 11) is 0. The van der Waals surface area contributed by atoms with E-state index in [4.69, 9.17) is 4.74 Å². The lowest BCUT2D eigenvalue weighted by atomic mass is 10.1. The third kappa shape index (κ3) is 3.67. The fourth-order valence-corrected chi connectivity index (χ4v) is 4.09. The molecule has 0 bridgehead atoms. The lowest BCUT2D eigenvalue weighted by Crippen LogP contribution is -2.29. The Morgan fingerprint density at radius 1 is 1.50 bits per heavy atom. The van der Waals surface area contributed by atoms with Crippen LogP contribution in [0.5, 0.6) is 0 Å². The van der Waals surface area contributed by atoms with Gasteiger partial charge in [0.05, 0.1) is 12.6 Å². The summed E-state index contributed by atoms with van der Waals surface area (Å²) in [5.41, 5.74) is 1.12. The number of ether oxygens (including phenoxy) is 1. The molecule has 0 radical (unpaired) electrons. The van der Waals surface area contributed by atoms with Gasteiger partial charge in [-0.1, -0.05) is 6.07 Å². The summed E-state index contributed by atoms with van der Waals surface area (Å²) in [5, 5.41) is 9.19. The molecule has 1 saturated heterocycles. The molecule has 1 N–H and O–H groups in total. The van der Waals surface area contributed by atoms with Crippen LogP contribution in [-0.2, 0) is 11.2 Å². The molecule has 0 aliphatic carbocycles. The van der Waals surface area contributed by atoms with E-state index in [1.807, 2.05) is 11.3 Å². The van der Waals surface area contributed by atoms with Gasteiger partial charge in [0.25, 0.3) is 0 Å². The number of thiazole rings is 1. The molecule has 3 nitrogen and oxygen atoms in total. The highest BCUT2D eigenvalue weighted by molar-refractivity contribution is 7.10. The minimum absolute atomic E-state index is 0.327. The molecule has 3 heterocycles. The molecule has 1 fully saturated rings. The number of nitrogens with zero attached hydrogens (tertiary/aromatic N) is 1. The Balaban J connectivity index is 1.65. The van der Waals surface area contributed by atoms with Crippen LogP contribution in [0.25, 0.3) is 0 Å². The van der Waals surface area contributed by atoms with Gasteiger partial charge in [-0.2, -0.15) is 0 Å². The van der Waals surface area contributed by atoms with Crippen molar-refractivity contribution in [2.24, 2.45) is 5.92 Å². The number of hydrogen-bond donors (Lipinski definition) is 1. The van der Waals surface area contributed by atoms with Crippen molar-refractivity contribution < 1.29 is 4.74 Å². The van der Waals surface area contributed by atoms with Gasteiger partial charge in [-0.25, -0.2) is 4.98 Å². The topological polar surface area (TPSA) is 34.1 Å². The van der Waals surface area contributed by atoms with Gasteiger partial charge in [-0.05, 0) is 30.7 Å². The van der Waals surface area contributed by atoms with Gasteiger partial charge in [0.1, 0.15) is 5.01 Å². The second kappa shape index (κ2) is 6.80. The van der Waals surface area contributed by atoms with Gasteiger partial charge in [-0.3, -0.25) is 0 Å². The minimum atomic E-state index is 0.327. The van der Waals surface area contributed by atoms with E-state index in [2.05, 4.69) is 40.1 Å². The summed E-state index contributed by atoms with van der Waals surface area (Å²) in [5.74, 6) is 0.655.